The standard InChI is InChI=1S/C13H17N3O2.2ClH/c1-7(8(2)14)13(17)16-10-4-5-11-12(6-10)18-9(3)15-11;;/h4-8H,14H2,1-3H3,(H,16,17);2*1H. The molecule has 1 heterocycles. The maximum atomic E-state index is 11.9. The molecule has 0 spiro atoms. The largest absolute Gasteiger partial charge is 0.441 e. The van der Waals surface area contributed by atoms with Gasteiger partial charge in [-0.15, -0.1) is 24.8 Å². The normalized spacial score (nSPS) is 13.0. The van der Waals surface area contributed by atoms with Crippen molar-refractivity contribution in [3.8, 4) is 0 Å². The first-order chi connectivity index (χ1) is 8.47. The Morgan fingerprint density at radius 3 is 2.60 bits per heavy atom. The lowest BCUT2D eigenvalue weighted by Gasteiger charge is -2.15. The van der Waals surface area contributed by atoms with E-state index in [1.807, 2.05) is 13.0 Å². The van der Waals surface area contributed by atoms with E-state index in [4.69, 9.17) is 10.2 Å². The van der Waals surface area contributed by atoms with Crippen molar-refractivity contribution in [2.45, 2.75) is 26.8 Å². The fourth-order valence-corrected chi connectivity index (χ4v) is 1.61. The molecule has 0 radical (unpaired) electrons. The number of anilines is 1. The lowest BCUT2D eigenvalue weighted by molar-refractivity contribution is -0.119. The summed E-state index contributed by atoms with van der Waals surface area (Å²) in [6, 6.07) is 5.20. The summed E-state index contributed by atoms with van der Waals surface area (Å²) in [6.45, 7) is 5.40. The third-order valence-electron chi connectivity index (χ3n) is 2.97. The fraction of sp³-hybridized carbons (Fsp3) is 0.385. The van der Waals surface area contributed by atoms with Crippen LogP contribution >= 0.6 is 24.8 Å². The molecule has 112 valence electrons. The Kier molecular flexibility index (Phi) is 6.99. The Hall–Kier alpha value is -1.30. The van der Waals surface area contributed by atoms with E-state index in [9.17, 15) is 4.79 Å². The second-order valence-corrected chi connectivity index (χ2v) is 4.55. The van der Waals surface area contributed by atoms with Crippen molar-refractivity contribution in [2.75, 3.05) is 5.32 Å². The van der Waals surface area contributed by atoms with Crippen LogP contribution in [-0.4, -0.2) is 16.9 Å². The molecule has 7 heteroatoms. The molecule has 0 saturated heterocycles. The van der Waals surface area contributed by atoms with E-state index in [-0.39, 0.29) is 42.7 Å². The van der Waals surface area contributed by atoms with Gasteiger partial charge < -0.3 is 15.5 Å². The molecular formula is C13H19Cl2N3O2. The average molecular weight is 320 g/mol. The number of nitrogens with zero attached hydrogens (tertiary/aromatic N) is 1. The van der Waals surface area contributed by atoms with Crippen LogP contribution in [0, 0.1) is 12.8 Å². The summed E-state index contributed by atoms with van der Waals surface area (Å²) in [5, 5.41) is 2.82. The van der Waals surface area contributed by atoms with E-state index in [1.165, 1.54) is 0 Å². The van der Waals surface area contributed by atoms with E-state index < -0.39 is 0 Å². The quantitative estimate of drug-likeness (QED) is 0.911. The van der Waals surface area contributed by atoms with Crippen LogP contribution in [0.2, 0.25) is 0 Å². The van der Waals surface area contributed by atoms with Gasteiger partial charge in [0.25, 0.3) is 0 Å². The molecule has 0 aliphatic carbocycles. The number of oxazole rings is 1. The molecule has 2 aromatic rings. The number of nitrogens with one attached hydrogen (secondary N) is 1. The zero-order chi connectivity index (χ0) is 13.3. The lowest BCUT2D eigenvalue weighted by Crippen LogP contribution is -2.34. The van der Waals surface area contributed by atoms with Gasteiger partial charge in [0, 0.05) is 24.7 Å². The molecule has 2 atom stereocenters. The summed E-state index contributed by atoms with van der Waals surface area (Å²) < 4.78 is 5.41. The van der Waals surface area contributed by atoms with Gasteiger partial charge in [0.1, 0.15) is 5.52 Å². The highest BCUT2D eigenvalue weighted by Crippen LogP contribution is 2.20. The molecule has 1 amide bonds. The van der Waals surface area contributed by atoms with Crippen LogP contribution in [0.1, 0.15) is 19.7 Å². The lowest BCUT2D eigenvalue weighted by atomic mass is 10.0. The Labute approximate surface area is 130 Å². The molecular weight excluding hydrogens is 301 g/mol. The number of halogens is 2. The molecule has 20 heavy (non-hydrogen) atoms. The average Bonchev–Trinajstić information content (AvgIpc) is 2.67. The van der Waals surface area contributed by atoms with Crippen molar-refractivity contribution >= 4 is 47.5 Å². The van der Waals surface area contributed by atoms with Crippen molar-refractivity contribution < 1.29 is 9.21 Å². The summed E-state index contributed by atoms with van der Waals surface area (Å²) in [5.74, 6) is 0.273. The minimum absolute atomic E-state index is 0. The van der Waals surface area contributed by atoms with Gasteiger partial charge in [0.05, 0.1) is 5.92 Å². The van der Waals surface area contributed by atoms with Crippen LogP contribution in [-0.2, 0) is 4.79 Å². The number of carbonyl (C=O) groups excluding carboxylic acids is 1. The molecule has 2 unspecified atom stereocenters. The van der Waals surface area contributed by atoms with Gasteiger partial charge in [-0.25, -0.2) is 4.98 Å². The zero-order valence-electron chi connectivity index (χ0n) is 11.5. The van der Waals surface area contributed by atoms with Gasteiger partial charge in [0.2, 0.25) is 5.91 Å². The number of rotatable bonds is 3. The SMILES string of the molecule is Cc1nc2ccc(NC(=O)C(C)C(C)N)cc2o1.Cl.Cl. The van der Waals surface area contributed by atoms with Crippen molar-refractivity contribution in [1.29, 1.82) is 0 Å². The second kappa shape index (κ2) is 7.47. The first-order valence-electron chi connectivity index (χ1n) is 5.91. The van der Waals surface area contributed by atoms with Crippen LogP contribution in [0.3, 0.4) is 0 Å². The van der Waals surface area contributed by atoms with E-state index in [2.05, 4.69) is 10.3 Å². The van der Waals surface area contributed by atoms with E-state index >= 15 is 0 Å². The molecule has 3 N–H and O–H groups in total. The van der Waals surface area contributed by atoms with Crippen molar-refractivity contribution in [1.82, 2.24) is 4.98 Å². The number of fused-ring (bicyclic) bond motifs is 1. The van der Waals surface area contributed by atoms with Crippen molar-refractivity contribution in [3.63, 3.8) is 0 Å². The molecule has 0 aliphatic rings. The monoisotopic (exact) mass is 319 g/mol. The summed E-state index contributed by atoms with van der Waals surface area (Å²) >= 11 is 0. The van der Waals surface area contributed by atoms with Gasteiger partial charge in [-0.2, -0.15) is 0 Å². The number of aryl methyl sites for hydroxylation is 1. The van der Waals surface area contributed by atoms with Crippen LogP contribution in [0.25, 0.3) is 11.1 Å². The van der Waals surface area contributed by atoms with E-state index in [1.54, 1.807) is 26.0 Å². The Morgan fingerprint density at radius 1 is 1.35 bits per heavy atom. The minimum Gasteiger partial charge on any atom is -0.441 e. The molecule has 5 nitrogen and oxygen atoms in total. The molecule has 2 rings (SSSR count). The third-order valence-corrected chi connectivity index (χ3v) is 2.97. The number of nitrogens with two attached hydrogens (primary N) is 1. The summed E-state index contributed by atoms with van der Waals surface area (Å²) in [4.78, 5) is 16.1. The summed E-state index contributed by atoms with van der Waals surface area (Å²) in [5.41, 5.74) is 7.83. The smallest absolute Gasteiger partial charge is 0.228 e. The molecule has 1 aromatic carbocycles. The maximum absolute atomic E-state index is 11.9. The van der Waals surface area contributed by atoms with E-state index in [0.717, 1.165) is 5.52 Å². The Morgan fingerprint density at radius 2 is 2.00 bits per heavy atom. The number of aromatic nitrogens is 1. The van der Waals surface area contributed by atoms with Gasteiger partial charge in [-0.05, 0) is 19.1 Å². The highest BCUT2D eigenvalue weighted by Gasteiger charge is 2.17. The van der Waals surface area contributed by atoms with Crippen LogP contribution < -0.4 is 11.1 Å². The third kappa shape index (κ3) is 4.10. The van der Waals surface area contributed by atoms with Crippen LogP contribution in [0.5, 0.6) is 0 Å². The van der Waals surface area contributed by atoms with Gasteiger partial charge in [-0.1, -0.05) is 6.92 Å². The fourth-order valence-electron chi connectivity index (χ4n) is 1.61. The van der Waals surface area contributed by atoms with Crippen molar-refractivity contribution in [3.05, 3.63) is 24.1 Å². The van der Waals surface area contributed by atoms with Crippen LogP contribution in [0.4, 0.5) is 5.69 Å². The number of hydrogen-bond donors (Lipinski definition) is 2. The Bertz CT molecular complexity index is 584. The molecule has 1 aromatic heterocycles. The summed E-state index contributed by atoms with van der Waals surface area (Å²) in [7, 11) is 0. The number of benzene rings is 1. The topological polar surface area (TPSA) is 81.2 Å². The van der Waals surface area contributed by atoms with Gasteiger partial charge in [-0.3, -0.25) is 4.79 Å². The predicted molar refractivity (Wildman–Crippen MR) is 84.7 cm³/mol. The first kappa shape index (κ1) is 18.7. The second-order valence-electron chi connectivity index (χ2n) is 4.55. The number of carbonyl (C=O) groups is 1. The zero-order valence-corrected chi connectivity index (χ0v) is 13.2. The van der Waals surface area contributed by atoms with E-state index in [0.29, 0.717) is 17.2 Å². The van der Waals surface area contributed by atoms with Gasteiger partial charge >= 0.3 is 0 Å². The Balaban J connectivity index is 0.00000180. The maximum Gasteiger partial charge on any atom is 0.228 e. The van der Waals surface area contributed by atoms with Crippen LogP contribution in [0.15, 0.2) is 22.6 Å². The molecule has 0 saturated carbocycles. The molecule has 0 fully saturated rings. The highest BCUT2D eigenvalue weighted by atomic mass is 35.5. The van der Waals surface area contributed by atoms with Crippen molar-refractivity contribution in [2.24, 2.45) is 11.7 Å². The number of hydrogen-bond acceptors (Lipinski definition) is 4. The molecule has 0 aliphatic heterocycles. The highest BCUT2D eigenvalue weighted by molar-refractivity contribution is 5.94. The summed E-state index contributed by atoms with van der Waals surface area (Å²) in [6.07, 6.45) is 0. The predicted octanol–water partition coefficient (Wildman–Crippen LogP) is 2.90. The minimum atomic E-state index is -0.239. The van der Waals surface area contributed by atoms with Gasteiger partial charge in [0.15, 0.2) is 11.5 Å². The molecule has 0 bridgehead atoms. The first-order valence-corrected chi connectivity index (χ1v) is 5.91. The number of amides is 1.